The third-order valence-electron chi connectivity index (χ3n) is 6.89. The fraction of sp³-hybridized carbons (Fsp3) is 0.480. The highest BCUT2D eigenvalue weighted by atomic mass is 16.7. The molecule has 164 valence electrons. The number of ether oxygens (including phenoxy) is 2. The molecule has 2 heterocycles. The Morgan fingerprint density at radius 3 is 2.65 bits per heavy atom. The van der Waals surface area contributed by atoms with Gasteiger partial charge in [0.25, 0.3) is 0 Å². The Hall–Kier alpha value is -2.73. The average molecular weight is 423 g/mol. The lowest BCUT2D eigenvalue weighted by Gasteiger charge is -2.36. The van der Waals surface area contributed by atoms with Crippen LogP contribution >= 0.6 is 0 Å². The molecule has 2 aliphatic heterocycles. The first kappa shape index (κ1) is 20.2. The number of nitrogens with one attached hydrogen (secondary N) is 1. The zero-order valence-corrected chi connectivity index (χ0v) is 18.4. The molecule has 0 radical (unpaired) electrons. The van der Waals surface area contributed by atoms with Gasteiger partial charge in [0.15, 0.2) is 11.5 Å². The van der Waals surface area contributed by atoms with E-state index >= 15 is 0 Å². The number of hydrogen-bond acceptors (Lipinski definition) is 5. The number of benzene rings is 2. The van der Waals surface area contributed by atoms with Crippen LogP contribution in [0.2, 0.25) is 0 Å². The van der Waals surface area contributed by atoms with Gasteiger partial charge < -0.3 is 24.8 Å². The summed E-state index contributed by atoms with van der Waals surface area (Å²) >= 11 is 0. The van der Waals surface area contributed by atoms with Crippen molar-refractivity contribution in [2.45, 2.75) is 51.5 Å². The van der Waals surface area contributed by atoms with E-state index in [1.165, 1.54) is 5.56 Å². The first-order valence-electron chi connectivity index (χ1n) is 11.0. The van der Waals surface area contributed by atoms with Crippen molar-refractivity contribution in [1.82, 2.24) is 0 Å². The van der Waals surface area contributed by atoms with Crippen LogP contribution in [0, 0.1) is 5.41 Å². The van der Waals surface area contributed by atoms with E-state index in [0.29, 0.717) is 18.3 Å². The Kier molecular flexibility index (Phi) is 4.66. The van der Waals surface area contributed by atoms with Gasteiger partial charge in [0, 0.05) is 24.0 Å². The number of hydrogen-bond donors (Lipinski definition) is 2. The molecule has 1 saturated carbocycles. The first-order valence-corrected chi connectivity index (χ1v) is 11.0. The minimum atomic E-state index is -0.489. The summed E-state index contributed by atoms with van der Waals surface area (Å²) in [5, 5.41) is 12.7. The lowest BCUT2D eigenvalue weighted by atomic mass is 9.84. The van der Waals surface area contributed by atoms with E-state index in [2.05, 4.69) is 43.1 Å². The molecule has 2 N–H and O–H groups in total. The number of nitrogens with zero attached hydrogens (tertiary/aromatic N) is 1. The van der Waals surface area contributed by atoms with Crippen LogP contribution in [-0.4, -0.2) is 37.0 Å². The maximum absolute atomic E-state index is 13.3. The topological polar surface area (TPSA) is 71.0 Å². The summed E-state index contributed by atoms with van der Waals surface area (Å²) in [6.07, 6.45) is 2.58. The quantitative estimate of drug-likeness (QED) is 0.766. The van der Waals surface area contributed by atoms with Crippen LogP contribution in [-0.2, 0) is 16.6 Å². The van der Waals surface area contributed by atoms with Crippen LogP contribution in [0.4, 0.5) is 11.4 Å². The molecular weight excluding hydrogens is 392 g/mol. The zero-order valence-electron chi connectivity index (χ0n) is 18.4. The summed E-state index contributed by atoms with van der Waals surface area (Å²) in [7, 11) is 0. The Labute approximate surface area is 183 Å². The zero-order chi connectivity index (χ0) is 21.8. The predicted molar refractivity (Wildman–Crippen MR) is 120 cm³/mol. The normalized spacial score (nSPS) is 20.5. The van der Waals surface area contributed by atoms with Gasteiger partial charge in [-0.2, -0.15) is 0 Å². The number of anilines is 2. The molecule has 2 aromatic carbocycles. The van der Waals surface area contributed by atoms with E-state index in [9.17, 15) is 9.90 Å². The second kappa shape index (κ2) is 7.16. The van der Waals surface area contributed by atoms with Gasteiger partial charge in [0.05, 0.1) is 12.0 Å². The van der Waals surface area contributed by atoms with Crippen molar-refractivity contribution < 1.29 is 19.4 Å². The molecule has 0 bridgehead atoms. The van der Waals surface area contributed by atoms with Crippen LogP contribution in [0.25, 0.3) is 0 Å². The fourth-order valence-corrected chi connectivity index (χ4v) is 4.97. The van der Waals surface area contributed by atoms with Gasteiger partial charge in [-0.1, -0.05) is 26.8 Å². The Morgan fingerprint density at radius 1 is 1.16 bits per heavy atom. The number of aliphatic hydroxyl groups excluding tert-OH is 1. The molecule has 6 nitrogen and oxygen atoms in total. The number of rotatable bonds is 5. The van der Waals surface area contributed by atoms with Gasteiger partial charge in [-0.15, -0.1) is 0 Å². The van der Waals surface area contributed by atoms with Gasteiger partial charge >= 0.3 is 0 Å². The SMILES string of the molecule is CC(C)(C)C1Cc2cc(NC(=O)C3(c4ccc5c(c4)OCO5)CC3)ccc2N1CCO. The fourth-order valence-electron chi connectivity index (χ4n) is 4.97. The summed E-state index contributed by atoms with van der Waals surface area (Å²) in [6.45, 7) is 7.68. The van der Waals surface area contributed by atoms with Gasteiger partial charge in [0.2, 0.25) is 12.7 Å². The minimum Gasteiger partial charge on any atom is -0.454 e. The number of carbonyl (C=O) groups is 1. The Balaban J connectivity index is 1.36. The summed E-state index contributed by atoms with van der Waals surface area (Å²) in [6, 6.07) is 12.3. The second-order valence-electron chi connectivity index (χ2n) is 9.95. The number of aliphatic hydroxyl groups is 1. The van der Waals surface area contributed by atoms with E-state index in [4.69, 9.17) is 9.47 Å². The number of carbonyl (C=O) groups excluding carboxylic acids is 1. The van der Waals surface area contributed by atoms with Crippen molar-refractivity contribution in [3.05, 3.63) is 47.5 Å². The third-order valence-corrected chi connectivity index (χ3v) is 6.89. The van der Waals surface area contributed by atoms with E-state index < -0.39 is 5.41 Å². The molecule has 1 aliphatic carbocycles. The standard InChI is InChI=1S/C25H30N2O4/c1-24(2,3)22-13-16-12-18(5-6-19(16)27(22)10-11-28)26-23(29)25(8-9-25)17-4-7-20-21(14-17)31-15-30-20/h4-7,12,14,22,28H,8-11,13,15H2,1-3H3,(H,26,29). The van der Waals surface area contributed by atoms with Gasteiger partial charge in [-0.25, -0.2) is 0 Å². The Morgan fingerprint density at radius 2 is 1.94 bits per heavy atom. The van der Waals surface area contributed by atoms with E-state index in [1.807, 2.05) is 24.3 Å². The largest absolute Gasteiger partial charge is 0.454 e. The molecule has 1 unspecified atom stereocenters. The van der Waals surface area contributed by atoms with Gasteiger partial charge in [-0.05, 0) is 66.1 Å². The molecule has 6 heteroatoms. The first-order chi connectivity index (χ1) is 14.8. The van der Waals surface area contributed by atoms with Crippen molar-refractivity contribution in [2.24, 2.45) is 5.41 Å². The predicted octanol–water partition coefficient (Wildman–Crippen LogP) is 3.86. The van der Waals surface area contributed by atoms with E-state index in [0.717, 1.165) is 42.0 Å². The van der Waals surface area contributed by atoms with Gasteiger partial charge in [-0.3, -0.25) is 4.79 Å². The van der Waals surface area contributed by atoms with E-state index in [-0.39, 0.29) is 24.7 Å². The molecule has 3 aliphatic rings. The lowest BCUT2D eigenvalue weighted by molar-refractivity contribution is -0.118. The molecule has 1 fully saturated rings. The monoisotopic (exact) mass is 422 g/mol. The molecule has 5 rings (SSSR count). The van der Waals surface area contributed by atoms with Gasteiger partial charge in [0.1, 0.15) is 0 Å². The van der Waals surface area contributed by atoms with Crippen molar-refractivity contribution in [3.8, 4) is 11.5 Å². The maximum Gasteiger partial charge on any atom is 0.235 e. The summed E-state index contributed by atoms with van der Waals surface area (Å²) in [5.74, 6) is 1.48. The summed E-state index contributed by atoms with van der Waals surface area (Å²) in [4.78, 5) is 15.6. The van der Waals surface area contributed by atoms with Crippen molar-refractivity contribution in [3.63, 3.8) is 0 Å². The molecule has 2 aromatic rings. The number of amides is 1. The lowest BCUT2D eigenvalue weighted by Crippen LogP contribution is -2.43. The molecule has 0 aromatic heterocycles. The van der Waals surface area contributed by atoms with Crippen LogP contribution in [0.15, 0.2) is 36.4 Å². The number of fused-ring (bicyclic) bond motifs is 2. The number of β-amino-alcohol motifs (C(OH)–C–C–N with tert-alkyl or cyclic N) is 1. The highest BCUT2D eigenvalue weighted by Crippen LogP contribution is 2.51. The summed E-state index contributed by atoms with van der Waals surface area (Å²) in [5.41, 5.74) is 3.79. The average Bonchev–Trinajstić information content (AvgIpc) is 3.27. The summed E-state index contributed by atoms with van der Waals surface area (Å²) < 4.78 is 10.9. The van der Waals surface area contributed by atoms with Crippen molar-refractivity contribution in [1.29, 1.82) is 0 Å². The van der Waals surface area contributed by atoms with Crippen LogP contribution in [0.1, 0.15) is 44.7 Å². The Bertz CT molecular complexity index is 1020. The second-order valence-corrected chi connectivity index (χ2v) is 9.95. The van der Waals surface area contributed by atoms with Crippen molar-refractivity contribution in [2.75, 3.05) is 30.2 Å². The molecule has 1 amide bonds. The molecule has 0 saturated heterocycles. The third kappa shape index (κ3) is 3.43. The van der Waals surface area contributed by atoms with Crippen LogP contribution in [0.5, 0.6) is 11.5 Å². The van der Waals surface area contributed by atoms with Crippen LogP contribution < -0.4 is 19.7 Å². The van der Waals surface area contributed by atoms with E-state index in [1.54, 1.807) is 0 Å². The smallest absolute Gasteiger partial charge is 0.235 e. The minimum absolute atomic E-state index is 0.0314. The molecular formula is C25H30N2O4. The maximum atomic E-state index is 13.3. The molecule has 31 heavy (non-hydrogen) atoms. The van der Waals surface area contributed by atoms with Crippen LogP contribution in [0.3, 0.4) is 0 Å². The highest BCUT2D eigenvalue weighted by Gasteiger charge is 2.51. The van der Waals surface area contributed by atoms with Crippen molar-refractivity contribution >= 4 is 17.3 Å². The molecule has 0 spiro atoms. The molecule has 1 atom stereocenters. The highest BCUT2D eigenvalue weighted by molar-refractivity contribution is 6.01.